The molecule has 8 heteroatoms. The molecular formula is C22H25N3O5. The average Bonchev–Trinajstić information content (AvgIpc) is 2.98. The summed E-state index contributed by atoms with van der Waals surface area (Å²) in [6.07, 6.45) is 1.59. The highest BCUT2D eigenvalue weighted by atomic mass is 16.6. The summed E-state index contributed by atoms with van der Waals surface area (Å²) in [6.45, 7) is 3.57. The first-order chi connectivity index (χ1) is 14.5. The number of methoxy groups -OCH3 is 1. The number of benzene rings is 1. The van der Waals surface area contributed by atoms with Crippen LogP contribution in [0.5, 0.6) is 5.75 Å². The second kappa shape index (κ2) is 8.41. The van der Waals surface area contributed by atoms with E-state index in [1.807, 2.05) is 37.3 Å². The second-order valence-electron chi connectivity index (χ2n) is 7.62. The van der Waals surface area contributed by atoms with Crippen LogP contribution >= 0.6 is 0 Å². The molecule has 3 heterocycles. The third-order valence-electron chi connectivity index (χ3n) is 5.41. The Morgan fingerprint density at radius 2 is 2.10 bits per heavy atom. The number of pyridine rings is 1. The van der Waals surface area contributed by atoms with E-state index in [4.69, 9.17) is 14.2 Å². The third kappa shape index (κ3) is 4.15. The molecule has 1 unspecified atom stereocenters. The van der Waals surface area contributed by atoms with Gasteiger partial charge in [-0.25, -0.2) is 0 Å². The summed E-state index contributed by atoms with van der Waals surface area (Å²) in [5, 5.41) is 0. The lowest BCUT2D eigenvalue weighted by Gasteiger charge is -2.43. The van der Waals surface area contributed by atoms with Crippen LogP contribution in [0.2, 0.25) is 0 Å². The fraction of sp³-hybridized carbons (Fsp3) is 0.409. The SMILES string of the molecule is COc1cccc(N2CC3(COCCN(C(=O)c4ccc(C)nc4)C3)OCC2=O)c1. The van der Waals surface area contributed by atoms with Crippen LogP contribution in [0.1, 0.15) is 16.1 Å². The van der Waals surface area contributed by atoms with Gasteiger partial charge in [0, 0.05) is 30.2 Å². The Morgan fingerprint density at radius 1 is 1.23 bits per heavy atom. The number of aryl methyl sites for hydroxylation is 1. The maximum Gasteiger partial charge on any atom is 0.255 e. The molecule has 30 heavy (non-hydrogen) atoms. The van der Waals surface area contributed by atoms with Crippen LogP contribution in [-0.2, 0) is 14.3 Å². The first-order valence-electron chi connectivity index (χ1n) is 9.88. The number of hydrogen-bond acceptors (Lipinski definition) is 6. The monoisotopic (exact) mass is 411 g/mol. The maximum atomic E-state index is 13.1. The number of carbonyl (C=O) groups is 2. The Kier molecular flexibility index (Phi) is 5.69. The van der Waals surface area contributed by atoms with E-state index in [1.54, 1.807) is 29.2 Å². The normalized spacial score (nSPS) is 22.1. The maximum absolute atomic E-state index is 13.1. The molecule has 0 aliphatic carbocycles. The van der Waals surface area contributed by atoms with Crippen molar-refractivity contribution < 1.29 is 23.8 Å². The van der Waals surface area contributed by atoms with E-state index in [2.05, 4.69) is 4.98 Å². The summed E-state index contributed by atoms with van der Waals surface area (Å²) in [6, 6.07) is 10.9. The predicted octanol–water partition coefficient (Wildman–Crippen LogP) is 1.67. The highest BCUT2D eigenvalue weighted by molar-refractivity contribution is 5.96. The summed E-state index contributed by atoms with van der Waals surface area (Å²) < 4.78 is 17.1. The zero-order chi connectivity index (χ0) is 21.1. The Labute approximate surface area is 175 Å². The van der Waals surface area contributed by atoms with Gasteiger partial charge in [-0.2, -0.15) is 0 Å². The van der Waals surface area contributed by atoms with Crippen molar-refractivity contribution in [3.8, 4) is 5.75 Å². The lowest BCUT2D eigenvalue weighted by Crippen LogP contribution is -2.61. The molecular weight excluding hydrogens is 386 g/mol. The molecule has 158 valence electrons. The Balaban J connectivity index is 1.57. The number of hydrogen-bond donors (Lipinski definition) is 0. The Morgan fingerprint density at radius 3 is 2.87 bits per heavy atom. The fourth-order valence-electron chi connectivity index (χ4n) is 3.77. The van der Waals surface area contributed by atoms with Gasteiger partial charge in [0.1, 0.15) is 18.0 Å². The van der Waals surface area contributed by atoms with Crippen LogP contribution in [0.15, 0.2) is 42.6 Å². The lowest BCUT2D eigenvalue weighted by molar-refractivity contribution is -0.145. The van der Waals surface area contributed by atoms with Gasteiger partial charge in [0.25, 0.3) is 11.8 Å². The van der Waals surface area contributed by atoms with Crippen LogP contribution in [0.3, 0.4) is 0 Å². The molecule has 1 atom stereocenters. The Bertz CT molecular complexity index is 933. The minimum atomic E-state index is -0.804. The number of ether oxygens (including phenoxy) is 3. The number of nitrogens with zero attached hydrogens (tertiary/aromatic N) is 3. The first-order valence-corrected chi connectivity index (χ1v) is 9.88. The van der Waals surface area contributed by atoms with Crippen LogP contribution < -0.4 is 9.64 Å². The molecule has 0 radical (unpaired) electrons. The van der Waals surface area contributed by atoms with Gasteiger partial charge in [-0.15, -0.1) is 0 Å². The minimum Gasteiger partial charge on any atom is -0.497 e. The summed E-state index contributed by atoms with van der Waals surface area (Å²) in [7, 11) is 1.59. The fourth-order valence-corrected chi connectivity index (χ4v) is 3.77. The second-order valence-corrected chi connectivity index (χ2v) is 7.62. The van der Waals surface area contributed by atoms with Crippen molar-refractivity contribution >= 4 is 17.5 Å². The molecule has 2 fully saturated rings. The zero-order valence-corrected chi connectivity index (χ0v) is 17.2. The highest BCUT2D eigenvalue weighted by Gasteiger charge is 2.44. The summed E-state index contributed by atoms with van der Waals surface area (Å²) in [5.74, 6) is 0.404. The van der Waals surface area contributed by atoms with E-state index in [-0.39, 0.29) is 25.0 Å². The van der Waals surface area contributed by atoms with E-state index in [9.17, 15) is 9.59 Å². The number of amides is 2. The quantitative estimate of drug-likeness (QED) is 0.764. The van der Waals surface area contributed by atoms with Gasteiger partial charge in [0.15, 0.2) is 0 Å². The van der Waals surface area contributed by atoms with Crippen molar-refractivity contribution in [2.75, 3.05) is 51.5 Å². The van der Waals surface area contributed by atoms with Crippen molar-refractivity contribution in [3.63, 3.8) is 0 Å². The van der Waals surface area contributed by atoms with Crippen LogP contribution in [0, 0.1) is 6.92 Å². The van der Waals surface area contributed by atoms with Gasteiger partial charge >= 0.3 is 0 Å². The molecule has 1 aromatic carbocycles. The summed E-state index contributed by atoms with van der Waals surface area (Å²) in [4.78, 5) is 33.3. The van der Waals surface area contributed by atoms with Crippen molar-refractivity contribution in [1.82, 2.24) is 9.88 Å². The molecule has 2 aromatic rings. The van der Waals surface area contributed by atoms with E-state index >= 15 is 0 Å². The van der Waals surface area contributed by atoms with E-state index in [0.29, 0.717) is 37.6 Å². The molecule has 0 bridgehead atoms. The number of morpholine rings is 1. The summed E-state index contributed by atoms with van der Waals surface area (Å²) >= 11 is 0. The number of aromatic nitrogens is 1. The van der Waals surface area contributed by atoms with E-state index in [1.165, 1.54) is 0 Å². The molecule has 4 rings (SSSR count). The molecule has 2 aliphatic rings. The van der Waals surface area contributed by atoms with Crippen molar-refractivity contribution in [2.24, 2.45) is 0 Å². The number of carbonyl (C=O) groups excluding carboxylic acids is 2. The first kappa shape index (κ1) is 20.3. The van der Waals surface area contributed by atoms with Crippen molar-refractivity contribution in [2.45, 2.75) is 12.5 Å². The number of anilines is 1. The topological polar surface area (TPSA) is 81.2 Å². The van der Waals surface area contributed by atoms with Crippen LogP contribution in [-0.4, -0.2) is 73.9 Å². The van der Waals surface area contributed by atoms with Crippen LogP contribution in [0.4, 0.5) is 5.69 Å². The molecule has 0 N–H and O–H groups in total. The lowest BCUT2D eigenvalue weighted by atomic mass is 10.0. The molecule has 2 amide bonds. The largest absolute Gasteiger partial charge is 0.497 e. The third-order valence-corrected chi connectivity index (χ3v) is 5.41. The minimum absolute atomic E-state index is 0.0747. The molecule has 2 saturated heterocycles. The zero-order valence-electron chi connectivity index (χ0n) is 17.2. The molecule has 0 saturated carbocycles. The summed E-state index contributed by atoms with van der Waals surface area (Å²) in [5.41, 5.74) is 1.30. The van der Waals surface area contributed by atoms with Crippen molar-refractivity contribution in [3.05, 3.63) is 53.9 Å². The highest BCUT2D eigenvalue weighted by Crippen LogP contribution is 2.29. The molecule has 1 aromatic heterocycles. The molecule has 8 nitrogen and oxygen atoms in total. The van der Waals surface area contributed by atoms with Gasteiger partial charge < -0.3 is 24.0 Å². The smallest absolute Gasteiger partial charge is 0.255 e. The van der Waals surface area contributed by atoms with Crippen molar-refractivity contribution in [1.29, 1.82) is 0 Å². The predicted molar refractivity (Wildman–Crippen MR) is 110 cm³/mol. The van der Waals surface area contributed by atoms with Gasteiger partial charge in [-0.3, -0.25) is 14.6 Å². The van der Waals surface area contributed by atoms with Gasteiger partial charge in [-0.1, -0.05) is 6.07 Å². The average molecular weight is 411 g/mol. The van der Waals surface area contributed by atoms with Gasteiger partial charge in [-0.05, 0) is 31.2 Å². The number of rotatable bonds is 3. The van der Waals surface area contributed by atoms with E-state index < -0.39 is 5.60 Å². The molecule has 1 spiro atoms. The van der Waals surface area contributed by atoms with E-state index in [0.717, 1.165) is 11.4 Å². The van der Waals surface area contributed by atoms with Crippen LogP contribution in [0.25, 0.3) is 0 Å². The standard InChI is InChI=1S/C22H25N3O5/c1-16-6-7-17(11-23-16)21(27)24-8-9-29-15-22(13-24)14-25(20(26)12-30-22)18-4-3-5-19(10-18)28-2/h3-7,10-11H,8-9,12-15H2,1-2H3. The van der Waals surface area contributed by atoms with Gasteiger partial charge in [0.2, 0.25) is 0 Å². The molecule has 2 aliphatic heterocycles. The Hall–Kier alpha value is -2.97. The van der Waals surface area contributed by atoms with Gasteiger partial charge in [0.05, 0.1) is 39.0 Å².